The number of hydrogen-bond acceptors (Lipinski definition) is 6. The van der Waals surface area contributed by atoms with Crippen LogP contribution >= 0.6 is 11.6 Å². The molecule has 1 aromatic rings. The highest BCUT2D eigenvalue weighted by Crippen LogP contribution is 2.29. The Labute approximate surface area is 122 Å². The second-order valence-electron chi connectivity index (χ2n) is 3.87. The van der Waals surface area contributed by atoms with E-state index < -0.39 is 16.0 Å². The lowest BCUT2D eigenvalue weighted by molar-refractivity contribution is 0.0602. The number of carbonyl (C=O) groups excluding carboxylic acids is 1. The Morgan fingerprint density at radius 3 is 2.65 bits per heavy atom. The fraction of sp³-hybridized carbons (Fsp3) is 0.364. The Bertz CT molecular complexity index is 604. The lowest BCUT2D eigenvalue weighted by Gasteiger charge is -2.13. The molecule has 9 heteroatoms. The monoisotopic (exact) mass is 321 g/mol. The van der Waals surface area contributed by atoms with Gasteiger partial charge in [0.05, 0.1) is 29.1 Å². The first kappa shape index (κ1) is 16.5. The summed E-state index contributed by atoms with van der Waals surface area (Å²) in [5.41, 5.74) is 6.37. The number of sulfonamides is 1. The van der Waals surface area contributed by atoms with E-state index >= 15 is 0 Å². The Balaban J connectivity index is 2.97. The molecule has 0 heterocycles. The summed E-state index contributed by atoms with van der Waals surface area (Å²) in [5.74, 6) is -0.775. The smallest absolute Gasteiger partial charge is 0.340 e. The van der Waals surface area contributed by atoms with Gasteiger partial charge < -0.3 is 15.8 Å². The van der Waals surface area contributed by atoms with E-state index in [9.17, 15) is 13.2 Å². The van der Waals surface area contributed by atoms with E-state index in [1.807, 2.05) is 0 Å². The van der Waals surface area contributed by atoms with Crippen LogP contribution in [0.5, 0.6) is 0 Å². The molecule has 0 bridgehead atoms. The second-order valence-corrected chi connectivity index (χ2v) is 6.32. The van der Waals surface area contributed by atoms with Crippen molar-refractivity contribution in [1.29, 1.82) is 0 Å². The molecule has 112 valence electrons. The molecular formula is C11H16ClN3O4S. The van der Waals surface area contributed by atoms with E-state index in [0.29, 0.717) is 11.4 Å². The van der Waals surface area contributed by atoms with Gasteiger partial charge in [0.1, 0.15) is 0 Å². The average Bonchev–Trinajstić information content (AvgIpc) is 2.39. The number of carbonyl (C=O) groups is 1. The van der Waals surface area contributed by atoms with Crippen LogP contribution in [0.2, 0.25) is 5.02 Å². The number of rotatable bonds is 6. The van der Waals surface area contributed by atoms with Gasteiger partial charge in [0.15, 0.2) is 0 Å². The molecule has 0 aliphatic heterocycles. The van der Waals surface area contributed by atoms with E-state index in [0.717, 1.165) is 0 Å². The van der Waals surface area contributed by atoms with Crippen LogP contribution in [0.4, 0.5) is 11.4 Å². The third-order valence-corrected chi connectivity index (χ3v) is 4.16. The van der Waals surface area contributed by atoms with Gasteiger partial charge in [0.2, 0.25) is 10.0 Å². The standard InChI is InChI=1S/C11H16ClN3O4S/c1-14-20(17,18)4-3-15-10-8(11(16)19-2)5-7(13)6-9(10)12/h5-6,14-15H,3-4,13H2,1-2H3. The number of nitrogens with two attached hydrogens (primary N) is 1. The normalized spacial score (nSPS) is 11.2. The van der Waals surface area contributed by atoms with Crippen LogP contribution in [-0.4, -0.2) is 40.8 Å². The van der Waals surface area contributed by atoms with Crippen LogP contribution in [0.1, 0.15) is 10.4 Å². The first-order chi connectivity index (χ1) is 9.30. The van der Waals surface area contributed by atoms with Gasteiger partial charge in [-0.05, 0) is 19.2 Å². The summed E-state index contributed by atoms with van der Waals surface area (Å²) in [5, 5.41) is 3.02. The third-order valence-electron chi connectivity index (χ3n) is 2.50. The molecule has 0 aliphatic carbocycles. The molecule has 0 radical (unpaired) electrons. The highest BCUT2D eigenvalue weighted by atomic mass is 35.5. The Kier molecular flexibility index (Phi) is 5.61. The Morgan fingerprint density at radius 2 is 2.10 bits per heavy atom. The first-order valence-electron chi connectivity index (χ1n) is 5.63. The van der Waals surface area contributed by atoms with E-state index in [-0.39, 0.29) is 22.9 Å². The number of halogens is 1. The van der Waals surface area contributed by atoms with E-state index in [1.165, 1.54) is 26.3 Å². The molecule has 1 rings (SSSR count). The van der Waals surface area contributed by atoms with Crippen molar-refractivity contribution in [2.75, 3.05) is 37.5 Å². The second kappa shape index (κ2) is 6.78. The van der Waals surface area contributed by atoms with Gasteiger partial charge in [-0.3, -0.25) is 0 Å². The molecule has 20 heavy (non-hydrogen) atoms. The number of nitrogen functional groups attached to an aromatic ring is 1. The third kappa shape index (κ3) is 4.26. The molecule has 0 unspecified atom stereocenters. The van der Waals surface area contributed by atoms with Crippen molar-refractivity contribution >= 4 is 39.0 Å². The first-order valence-corrected chi connectivity index (χ1v) is 7.66. The lowest BCUT2D eigenvalue weighted by atomic mass is 10.1. The molecule has 0 saturated carbocycles. The fourth-order valence-electron chi connectivity index (χ4n) is 1.49. The van der Waals surface area contributed by atoms with Crippen LogP contribution in [0.3, 0.4) is 0 Å². The van der Waals surface area contributed by atoms with Crippen LogP contribution in [0, 0.1) is 0 Å². The topological polar surface area (TPSA) is 111 Å². The van der Waals surface area contributed by atoms with Gasteiger partial charge in [0.25, 0.3) is 0 Å². The predicted molar refractivity (Wildman–Crippen MR) is 78.5 cm³/mol. The Hall–Kier alpha value is -1.51. The van der Waals surface area contributed by atoms with Crippen molar-refractivity contribution in [3.8, 4) is 0 Å². The number of anilines is 2. The van der Waals surface area contributed by atoms with Gasteiger partial charge in [-0.1, -0.05) is 11.6 Å². The molecule has 1 aromatic carbocycles. The number of benzene rings is 1. The summed E-state index contributed by atoms with van der Waals surface area (Å²) in [6, 6.07) is 2.87. The highest BCUT2D eigenvalue weighted by molar-refractivity contribution is 7.89. The largest absolute Gasteiger partial charge is 0.465 e. The zero-order valence-electron chi connectivity index (χ0n) is 11.1. The maximum atomic E-state index is 11.6. The minimum atomic E-state index is -3.35. The number of ether oxygens (including phenoxy) is 1. The van der Waals surface area contributed by atoms with Crippen LogP contribution in [-0.2, 0) is 14.8 Å². The van der Waals surface area contributed by atoms with Crippen molar-refractivity contribution < 1.29 is 17.9 Å². The lowest BCUT2D eigenvalue weighted by Crippen LogP contribution is -2.26. The van der Waals surface area contributed by atoms with Crippen molar-refractivity contribution in [2.45, 2.75) is 0 Å². The van der Waals surface area contributed by atoms with Crippen LogP contribution in [0.25, 0.3) is 0 Å². The zero-order valence-corrected chi connectivity index (χ0v) is 12.6. The summed E-state index contributed by atoms with van der Waals surface area (Å²) in [6.07, 6.45) is 0. The Morgan fingerprint density at radius 1 is 1.45 bits per heavy atom. The van der Waals surface area contributed by atoms with Gasteiger partial charge in [-0.2, -0.15) is 0 Å². The minimum Gasteiger partial charge on any atom is -0.465 e. The molecule has 7 nitrogen and oxygen atoms in total. The summed E-state index contributed by atoms with van der Waals surface area (Å²) >= 11 is 6.00. The average molecular weight is 322 g/mol. The maximum Gasteiger partial charge on any atom is 0.340 e. The number of nitrogens with one attached hydrogen (secondary N) is 2. The highest BCUT2D eigenvalue weighted by Gasteiger charge is 2.16. The van der Waals surface area contributed by atoms with Crippen molar-refractivity contribution in [3.05, 3.63) is 22.7 Å². The van der Waals surface area contributed by atoms with Crippen molar-refractivity contribution in [2.24, 2.45) is 0 Å². The molecule has 0 amide bonds. The van der Waals surface area contributed by atoms with Gasteiger partial charge in [-0.25, -0.2) is 17.9 Å². The fourth-order valence-corrected chi connectivity index (χ4v) is 2.36. The minimum absolute atomic E-state index is 0.0802. The summed E-state index contributed by atoms with van der Waals surface area (Å²) in [6.45, 7) is 0.0802. The summed E-state index contributed by atoms with van der Waals surface area (Å²) in [4.78, 5) is 11.6. The molecule has 0 atom stereocenters. The van der Waals surface area contributed by atoms with Crippen LogP contribution < -0.4 is 15.8 Å². The molecule has 0 aliphatic rings. The van der Waals surface area contributed by atoms with Gasteiger partial charge in [-0.15, -0.1) is 0 Å². The zero-order chi connectivity index (χ0) is 15.3. The van der Waals surface area contributed by atoms with Crippen molar-refractivity contribution in [3.63, 3.8) is 0 Å². The number of esters is 1. The quantitative estimate of drug-likeness (QED) is 0.524. The molecule has 0 fully saturated rings. The molecule has 0 saturated heterocycles. The van der Waals surface area contributed by atoms with Gasteiger partial charge >= 0.3 is 5.97 Å². The maximum absolute atomic E-state index is 11.6. The van der Waals surface area contributed by atoms with E-state index in [1.54, 1.807) is 0 Å². The number of methoxy groups -OCH3 is 1. The number of hydrogen-bond donors (Lipinski definition) is 3. The van der Waals surface area contributed by atoms with Crippen LogP contribution in [0.15, 0.2) is 12.1 Å². The van der Waals surface area contributed by atoms with E-state index in [2.05, 4.69) is 14.8 Å². The molecule has 0 aromatic heterocycles. The molecular weight excluding hydrogens is 306 g/mol. The SMILES string of the molecule is CNS(=O)(=O)CCNc1c(Cl)cc(N)cc1C(=O)OC. The summed E-state index contributed by atoms with van der Waals surface area (Å²) in [7, 11) is -0.790. The predicted octanol–water partition coefficient (Wildman–Crippen LogP) is 0.670. The summed E-state index contributed by atoms with van der Waals surface area (Å²) < 4.78 is 29.4. The van der Waals surface area contributed by atoms with Crippen molar-refractivity contribution in [1.82, 2.24) is 4.72 Å². The molecule has 4 N–H and O–H groups in total. The van der Waals surface area contributed by atoms with E-state index in [4.69, 9.17) is 17.3 Å². The molecule has 0 spiro atoms. The van der Waals surface area contributed by atoms with Gasteiger partial charge in [0, 0.05) is 12.2 Å².